The number of ether oxygens (including phenoxy) is 1. The fourth-order valence-electron chi connectivity index (χ4n) is 2.79. The summed E-state index contributed by atoms with van der Waals surface area (Å²) in [6.45, 7) is 0.787. The third-order valence-electron chi connectivity index (χ3n) is 3.58. The Morgan fingerprint density at radius 3 is 2.46 bits per heavy atom. The molecule has 1 aliphatic carbocycles. The lowest BCUT2D eigenvalue weighted by molar-refractivity contribution is -0.133. The molecule has 13 heavy (non-hydrogen) atoms. The zero-order chi connectivity index (χ0) is 9.15. The molecule has 0 aromatic rings. The first-order valence-corrected chi connectivity index (χ1v) is 5.48. The van der Waals surface area contributed by atoms with Gasteiger partial charge < -0.3 is 9.53 Å². The standard InChI is InChI=1S/C11H18O2/c12-9-11(7-4-8-13-11)10-5-2-1-3-6-10/h9-10H,1-8H2. The molecule has 2 rings (SSSR count). The average Bonchev–Trinajstić information content (AvgIpc) is 2.69. The fourth-order valence-corrected chi connectivity index (χ4v) is 2.79. The minimum Gasteiger partial charge on any atom is -0.367 e. The topological polar surface area (TPSA) is 26.3 Å². The molecule has 1 atom stereocenters. The first-order chi connectivity index (χ1) is 6.37. The van der Waals surface area contributed by atoms with Crippen LogP contribution in [0.5, 0.6) is 0 Å². The van der Waals surface area contributed by atoms with Gasteiger partial charge in [0.1, 0.15) is 5.60 Å². The molecule has 0 aromatic carbocycles. The van der Waals surface area contributed by atoms with E-state index in [1.807, 2.05) is 0 Å². The van der Waals surface area contributed by atoms with Crippen molar-refractivity contribution in [2.24, 2.45) is 5.92 Å². The molecular formula is C11H18O2. The van der Waals surface area contributed by atoms with Gasteiger partial charge >= 0.3 is 0 Å². The highest BCUT2D eigenvalue weighted by molar-refractivity contribution is 5.63. The van der Waals surface area contributed by atoms with E-state index in [9.17, 15) is 4.79 Å². The lowest BCUT2D eigenvalue weighted by Crippen LogP contribution is -2.40. The van der Waals surface area contributed by atoms with Crippen LogP contribution in [0.25, 0.3) is 0 Å². The predicted molar refractivity (Wildman–Crippen MR) is 50.6 cm³/mol. The second-order valence-corrected chi connectivity index (χ2v) is 4.36. The van der Waals surface area contributed by atoms with Crippen molar-refractivity contribution in [1.29, 1.82) is 0 Å². The molecule has 2 heteroatoms. The molecule has 1 unspecified atom stereocenters. The average molecular weight is 182 g/mol. The van der Waals surface area contributed by atoms with Crippen LogP contribution in [0.3, 0.4) is 0 Å². The maximum atomic E-state index is 11.1. The highest BCUT2D eigenvalue weighted by Crippen LogP contribution is 2.39. The monoisotopic (exact) mass is 182 g/mol. The molecular weight excluding hydrogens is 164 g/mol. The van der Waals surface area contributed by atoms with Gasteiger partial charge in [0.2, 0.25) is 0 Å². The van der Waals surface area contributed by atoms with Crippen LogP contribution in [-0.2, 0) is 9.53 Å². The van der Waals surface area contributed by atoms with Crippen molar-refractivity contribution in [2.45, 2.75) is 50.5 Å². The molecule has 0 amide bonds. The summed E-state index contributed by atoms with van der Waals surface area (Å²) in [5.74, 6) is 0.515. The largest absolute Gasteiger partial charge is 0.367 e. The minimum atomic E-state index is -0.375. The molecule has 1 saturated heterocycles. The summed E-state index contributed by atoms with van der Waals surface area (Å²) in [6.07, 6.45) is 9.39. The van der Waals surface area contributed by atoms with Crippen molar-refractivity contribution in [3.05, 3.63) is 0 Å². The number of hydrogen-bond acceptors (Lipinski definition) is 2. The molecule has 0 spiro atoms. The van der Waals surface area contributed by atoms with E-state index in [4.69, 9.17) is 4.74 Å². The van der Waals surface area contributed by atoms with E-state index < -0.39 is 0 Å². The van der Waals surface area contributed by atoms with Crippen LogP contribution in [0.2, 0.25) is 0 Å². The summed E-state index contributed by atoms with van der Waals surface area (Å²) < 4.78 is 5.66. The Bertz CT molecular complexity index is 177. The summed E-state index contributed by atoms with van der Waals surface area (Å²) in [6, 6.07) is 0. The lowest BCUT2D eigenvalue weighted by Gasteiger charge is -2.34. The first-order valence-electron chi connectivity index (χ1n) is 5.48. The molecule has 74 valence electrons. The number of rotatable bonds is 2. The Morgan fingerprint density at radius 2 is 1.92 bits per heavy atom. The van der Waals surface area contributed by atoms with E-state index in [1.165, 1.54) is 32.1 Å². The third kappa shape index (κ3) is 1.64. The molecule has 0 N–H and O–H groups in total. The molecule has 0 bridgehead atoms. The quantitative estimate of drug-likeness (QED) is 0.612. The van der Waals surface area contributed by atoms with Crippen molar-refractivity contribution in [3.63, 3.8) is 0 Å². The zero-order valence-electron chi connectivity index (χ0n) is 8.13. The Balaban J connectivity index is 2.05. The summed E-state index contributed by atoms with van der Waals surface area (Å²) in [4.78, 5) is 11.1. The first kappa shape index (κ1) is 9.20. The smallest absolute Gasteiger partial charge is 0.152 e. The second-order valence-electron chi connectivity index (χ2n) is 4.36. The van der Waals surface area contributed by atoms with Gasteiger partial charge in [-0.25, -0.2) is 0 Å². The van der Waals surface area contributed by atoms with Gasteiger partial charge in [0.15, 0.2) is 6.29 Å². The Kier molecular flexibility index (Phi) is 2.68. The minimum absolute atomic E-state index is 0.375. The van der Waals surface area contributed by atoms with E-state index in [-0.39, 0.29) is 5.60 Å². The third-order valence-corrected chi connectivity index (χ3v) is 3.58. The summed E-state index contributed by atoms with van der Waals surface area (Å²) in [5, 5.41) is 0. The van der Waals surface area contributed by atoms with Gasteiger partial charge in [0, 0.05) is 6.61 Å². The molecule has 0 radical (unpaired) electrons. The maximum Gasteiger partial charge on any atom is 0.152 e. The molecule has 2 aliphatic rings. The van der Waals surface area contributed by atoms with Gasteiger partial charge in [0.25, 0.3) is 0 Å². The number of carbonyl (C=O) groups excluding carboxylic acids is 1. The summed E-state index contributed by atoms with van der Waals surface area (Å²) in [5.41, 5.74) is -0.375. The normalized spacial score (nSPS) is 36.3. The van der Waals surface area contributed by atoms with Crippen molar-refractivity contribution in [1.82, 2.24) is 0 Å². The van der Waals surface area contributed by atoms with Crippen LogP contribution in [-0.4, -0.2) is 18.5 Å². The van der Waals surface area contributed by atoms with Crippen LogP contribution < -0.4 is 0 Å². The van der Waals surface area contributed by atoms with Gasteiger partial charge in [-0.05, 0) is 31.6 Å². The molecule has 2 nitrogen and oxygen atoms in total. The van der Waals surface area contributed by atoms with E-state index in [2.05, 4.69) is 0 Å². The maximum absolute atomic E-state index is 11.1. The zero-order valence-corrected chi connectivity index (χ0v) is 8.13. The second kappa shape index (κ2) is 3.79. The van der Waals surface area contributed by atoms with Crippen molar-refractivity contribution in [2.75, 3.05) is 6.61 Å². The lowest BCUT2D eigenvalue weighted by atomic mass is 9.76. The highest BCUT2D eigenvalue weighted by Gasteiger charge is 2.42. The number of aldehydes is 1. The molecule has 2 fully saturated rings. The van der Waals surface area contributed by atoms with E-state index in [1.54, 1.807) is 0 Å². The van der Waals surface area contributed by atoms with Gasteiger partial charge in [0.05, 0.1) is 0 Å². The summed E-state index contributed by atoms with van der Waals surface area (Å²) >= 11 is 0. The van der Waals surface area contributed by atoms with Crippen LogP contribution in [0.15, 0.2) is 0 Å². The van der Waals surface area contributed by atoms with Gasteiger partial charge in [-0.15, -0.1) is 0 Å². The van der Waals surface area contributed by atoms with Crippen molar-refractivity contribution < 1.29 is 9.53 Å². The van der Waals surface area contributed by atoms with E-state index >= 15 is 0 Å². The fraction of sp³-hybridized carbons (Fsp3) is 0.909. The highest BCUT2D eigenvalue weighted by atomic mass is 16.5. The SMILES string of the molecule is O=CC1(C2CCCCC2)CCCO1. The van der Waals surface area contributed by atoms with Crippen molar-refractivity contribution >= 4 is 6.29 Å². The predicted octanol–water partition coefficient (Wildman–Crippen LogP) is 2.31. The van der Waals surface area contributed by atoms with Crippen LogP contribution in [0.4, 0.5) is 0 Å². The number of carbonyl (C=O) groups is 1. The van der Waals surface area contributed by atoms with E-state index in [0.29, 0.717) is 5.92 Å². The molecule has 1 aliphatic heterocycles. The van der Waals surface area contributed by atoms with Crippen LogP contribution in [0.1, 0.15) is 44.9 Å². The van der Waals surface area contributed by atoms with E-state index in [0.717, 1.165) is 25.7 Å². The Labute approximate surface area is 79.7 Å². The van der Waals surface area contributed by atoms with Crippen LogP contribution >= 0.6 is 0 Å². The van der Waals surface area contributed by atoms with Gasteiger partial charge in [-0.1, -0.05) is 19.3 Å². The van der Waals surface area contributed by atoms with Crippen molar-refractivity contribution in [3.8, 4) is 0 Å². The van der Waals surface area contributed by atoms with Crippen LogP contribution in [0, 0.1) is 5.92 Å². The Hall–Kier alpha value is -0.370. The molecule has 0 aromatic heterocycles. The molecule has 1 saturated carbocycles. The van der Waals surface area contributed by atoms with Gasteiger partial charge in [-0.2, -0.15) is 0 Å². The Morgan fingerprint density at radius 1 is 1.15 bits per heavy atom. The van der Waals surface area contributed by atoms with Gasteiger partial charge in [-0.3, -0.25) is 0 Å². The number of hydrogen-bond donors (Lipinski definition) is 0. The summed E-state index contributed by atoms with van der Waals surface area (Å²) in [7, 11) is 0. The molecule has 1 heterocycles.